The molecule has 0 spiro atoms. The Morgan fingerprint density at radius 1 is 1.47 bits per heavy atom. The van der Waals surface area contributed by atoms with E-state index in [-0.39, 0.29) is 6.61 Å². The molecule has 0 saturated heterocycles. The minimum absolute atomic E-state index is 0.000853. The fraction of sp³-hybridized carbons (Fsp3) is 0.625. The quantitative estimate of drug-likeness (QED) is 0.715. The number of aromatic nitrogens is 6. The summed E-state index contributed by atoms with van der Waals surface area (Å²) in [6.45, 7) is 2.34. The molecule has 1 N–H and O–H groups in total. The van der Waals surface area contributed by atoms with Crippen LogP contribution in [0, 0.1) is 0 Å². The minimum atomic E-state index is -0.000853. The highest BCUT2D eigenvalue weighted by molar-refractivity contribution is 7.98. The largest absolute Gasteiger partial charge is 0.394 e. The molecule has 9 heteroatoms. The maximum atomic E-state index is 8.82. The van der Waals surface area contributed by atoms with E-state index in [9.17, 15) is 0 Å². The molecule has 0 aliphatic carbocycles. The fourth-order valence-electron chi connectivity index (χ4n) is 1.15. The highest BCUT2D eigenvalue weighted by atomic mass is 32.2. The van der Waals surface area contributed by atoms with Crippen molar-refractivity contribution in [2.45, 2.75) is 30.8 Å². The van der Waals surface area contributed by atoms with Crippen LogP contribution < -0.4 is 0 Å². The molecule has 17 heavy (non-hydrogen) atoms. The van der Waals surface area contributed by atoms with Crippen LogP contribution in [0.25, 0.3) is 0 Å². The molecular formula is C8H12N6O2S. The minimum Gasteiger partial charge on any atom is -0.394 e. The molecule has 92 valence electrons. The summed E-state index contributed by atoms with van der Waals surface area (Å²) in [6, 6.07) is 0. The highest BCUT2D eigenvalue weighted by Crippen LogP contribution is 2.18. The van der Waals surface area contributed by atoms with Gasteiger partial charge in [-0.25, -0.2) is 4.68 Å². The summed E-state index contributed by atoms with van der Waals surface area (Å²) in [5.41, 5.74) is 0. The van der Waals surface area contributed by atoms with Gasteiger partial charge in [0.25, 0.3) is 0 Å². The number of aliphatic hydroxyl groups excluding tert-OH is 1. The third-order valence-electron chi connectivity index (χ3n) is 1.96. The zero-order valence-electron chi connectivity index (χ0n) is 9.28. The predicted molar refractivity (Wildman–Crippen MR) is 58.1 cm³/mol. The van der Waals surface area contributed by atoms with Gasteiger partial charge in [-0.15, -0.1) is 5.10 Å². The molecule has 2 aromatic heterocycles. The maximum Gasteiger partial charge on any atom is 0.237 e. The van der Waals surface area contributed by atoms with Crippen molar-refractivity contribution in [2.75, 3.05) is 6.61 Å². The van der Waals surface area contributed by atoms with Gasteiger partial charge in [-0.3, -0.25) is 0 Å². The maximum absolute atomic E-state index is 8.82. The summed E-state index contributed by atoms with van der Waals surface area (Å²) in [6.07, 6.45) is 0.746. The number of nitrogens with zero attached hydrogens (tertiary/aromatic N) is 6. The second kappa shape index (κ2) is 5.73. The van der Waals surface area contributed by atoms with Crippen LogP contribution >= 0.6 is 11.8 Å². The Morgan fingerprint density at radius 2 is 2.35 bits per heavy atom. The molecular weight excluding hydrogens is 244 g/mol. The topological polar surface area (TPSA) is 103 Å². The van der Waals surface area contributed by atoms with E-state index in [2.05, 4.69) is 25.7 Å². The Labute approximate surface area is 101 Å². The molecule has 0 aromatic carbocycles. The fourth-order valence-corrected chi connectivity index (χ4v) is 1.89. The molecule has 0 aliphatic rings. The molecule has 0 bridgehead atoms. The molecule has 0 amide bonds. The summed E-state index contributed by atoms with van der Waals surface area (Å²) in [5.74, 6) is 1.75. The van der Waals surface area contributed by atoms with Crippen LogP contribution in [0.2, 0.25) is 0 Å². The van der Waals surface area contributed by atoms with Crippen LogP contribution in [0.1, 0.15) is 18.6 Å². The van der Waals surface area contributed by atoms with Gasteiger partial charge in [0.1, 0.15) is 0 Å². The molecule has 0 aliphatic heterocycles. The van der Waals surface area contributed by atoms with E-state index in [1.165, 1.54) is 16.4 Å². The van der Waals surface area contributed by atoms with Crippen molar-refractivity contribution in [1.82, 2.24) is 30.3 Å². The third kappa shape index (κ3) is 3.01. The van der Waals surface area contributed by atoms with Crippen molar-refractivity contribution in [3.63, 3.8) is 0 Å². The Bertz CT molecular complexity index is 470. The number of hydrogen-bond donors (Lipinski definition) is 1. The molecule has 2 aromatic rings. The third-order valence-corrected chi connectivity index (χ3v) is 2.90. The van der Waals surface area contributed by atoms with Gasteiger partial charge in [0.15, 0.2) is 5.82 Å². The van der Waals surface area contributed by atoms with Gasteiger partial charge in [0, 0.05) is 6.42 Å². The second-order valence-corrected chi connectivity index (χ2v) is 4.10. The molecule has 2 heterocycles. The van der Waals surface area contributed by atoms with E-state index in [1.807, 2.05) is 6.92 Å². The molecule has 0 atom stereocenters. The van der Waals surface area contributed by atoms with Crippen LogP contribution in [0.3, 0.4) is 0 Å². The van der Waals surface area contributed by atoms with Crippen molar-refractivity contribution in [2.24, 2.45) is 0 Å². The number of rotatable bonds is 6. The first kappa shape index (κ1) is 12.0. The Kier molecular flexibility index (Phi) is 4.04. The van der Waals surface area contributed by atoms with Gasteiger partial charge < -0.3 is 9.63 Å². The van der Waals surface area contributed by atoms with E-state index < -0.39 is 0 Å². The van der Waals surface area contributed by atoms with Crippen LogP contribution in [-0.2, 0) is 18.7 Å². The Morgan fingerprint density at radius 3 is 3.06 bits per heavy atom. The normalized spacial score (nSPS) is 10.9. The van der Waals surface area contributed by atoms with Crippen LogP contribution in [0.5, 0.6) is 0 Å². The number of hydrogen-bond acceptors (Lipinski definition) is 8. The van der Waals surface area contributed by atoms with Crippen molar-refractivity contribution in [3.05, 3.63) is 11.7 Å². The molecule has 0 fully saturated rings. The standard InChI is InChI=1S/C8H12N6O2S/c1-2-6-9-7(16-11-6)5-17-8-10-12-13-14(8)3-4-15/h15H,2-5H2,1H3. The van der Waals surface area contributed by atoms with Crippen molar-refractivity contribution < 1.29 is 9.63 Å². The van der Waals surface area contributed by atoms with Gasteiger partial charge in [-0.05, 0) is 10.4 Å². The van der Waals surface area contributed by atoms with E-state index >= 15 is 0 Å². The summed E-state index contributed by atoms with van der Waals surface area (Å²) in [7, 11) is 0. The van der Waals surface area contributed by atoms with Gasteiger partial charge in [0.2, 0.25) is 11.0 Å². The zero-order valence-corrected chi connectivity index (χ0v) is 10.1. The summed E-state index contributed by atoms with van der Waals surface area (Å²) in [4.78, 5) is 4.18. The van der Waals surface area contributed by atoms with E-state index in [0.717, 1.165) is 6.42 Å². The second-order valence-electron chi connectivity index (χ2n) is 3.15. The van der Waals surface area contributed by atoms with E-state index in [4.69, 9.17) is 9.63 Å². The van der Waals surface area contributed by atoms with Crippen LogP contribution in [0.15, 0.2) is 9.68 Å². The zero-order chi connectivity index (χ0) is 12.1. The molecule has 0 radical (unpaired) electrons. The van der Waals surface area contributed by atoms with Gasteiger partial charge in [0.05, 0.1) is 18.9 Å². The molecule has 0 unspecified atom stereocenters. The smallest absolute Gasteiger partial charge is 0.237 e. The lowest BCUT2D eigenvalue weighted by Gasteiger charge is -1.99. The SMILES string of the molecule is CCc1noc(CSc2nnnn2CCO)n1. The van der Waals surface area contributed by atoms with E-state index in [0.29, 0.717) is 29.2 Å². The molecule has 0 saturated carbocycles. The first-order chi connectivity index (χ1) is 8.33. The first-order valence-electron chi connectivity index (χ1n) is 5.14. The first-order valence-corrected chi connectivity index (χ1v) is 6.13. The Hall–Kier alpha value is -1.48. The van der Waals surface area contributed by atoms with Crippen LogP contribution in [0.4, 0.5) is 0 Å². The Balaban J connectivity index is 1.94. The van der Waals surface area contributed by atoms with Gasteiger partial charge >= 0.3 is 0 Å². The average Bonchev–Trinajstić information content (AvgIpc) is 2.95. The number of aryl methyl sites for hydroxylation is 1. The highest BCUT2D eigenvalue weighted by Gasteiger charge is 2.10. The summed E-state index contributed by atoms with van der Waals surface area (Å²) >= 11 is 1.39. The monoisotopic (exact) mass is 256 g/mol. The summed E-state index contributed by atoms with van der Waals surface area (Å²) < 4.78 is 6.57. The van der Waals surface area contributed by atoms with Crippen LogP contribution in [-0.4, -0.2) is 42.1 Å². The lowest BCUT2D eigenvalue weighted by Crippen LogP contribution is -2.05. The van der Waals surface area contributed by atoms with Gasteiger partial charge in [-0.1, -0.05) is 23.8 Å². The lowest BCUT2D eigenvalue weighted by atomic mass is 10.5. The van der Waals surface area contributed by atoms with Gasteiger partial charge in [-0.2, -0.15) is 4.98 Å². The molecule has 8 nitrogen and oxygen atoms in total. The average molecular weight is 256 g/mol. The van der Waals surface area contributed by atoms with Crippen molar-refractivity contribution >= 4 is 11.8 Å². The number of tetrazole rings is 1. The predicted octanol–water partition coefficient (Wildman–Crippen LogP) is -0.0969. The van der Waals surface area contributed by atoms with E-state index in [1.54, 1.807) is 0 Å². The van der Waals surface area contributed by atoms with Crippen molar-refractivity contribution in [1.29, 1.82) is 0 Å². The summed E-state index contributed by atoms with van der Waals surface area (Å²) in [5, 5.41) is 24.4. The number of aliphatic hydroxyl groups is 1. The van der Waals surface area contributed by atoms with Crippen molar-refractivity contribution in [3.8, 4) is 0 Å². The lowest BCUT2D eigenvalue weighted by molar-refractivity contribution is 0.262. The molecule has 2 rings (SSSR count). The number of thioether (sulfide) groups is 1.